The molecule has 1 rings (SSSR count). The zero-order chi connectivity index (χ0) is 14.4. The molecule has 0 radical (unpaired) electrons. The lowest BCUT2D eigenvalue weighted by Gasteiger charge is -2.51. The number of rotatable bonds is 3. The fourth-order valence-electron chi connectivity index (χ4n) is 1.73. The first-order chi connectivity index (χ1) is 7.82. The fourth-order valence-corrected chi connectivity index (χ4v) is 5.00. The first-order valence-electron chi connectivity index (χ1n) is 6.13. The average molecular weight is 309 g/mol. The summed E-state index contributed by atoms with van der Waals surface area (Å²) < 4.78 is 7.61. The minimum atomic E-state index is -1.22. The van der Waals surface area contributed by atoms with E-state index in [1.54, 1.807) is 0 Å². The summed E-state index contributed by atoms with van der Waals surface area (Å²) in [6.07, 6.45) is 13.2. The molecule has 0 aromatic heterocycles. The van der Waals surface area contributed by atoms with Crippen LogP contribution in [0.25, 0.3) is 0 Å². The SMILES string of the molecule is C=P(C)(C)N1CN(P(=C)(C)C)CN(P(=C)(C)C)C1. The van der Waals surface area contributed by atoms with Crippen molar-refractivity contribution in [2.24, 2.45) is 0 Å². The van der Waals surface area contributed by atoms with Gasteiger partial charge >= 0.3 is 0 Å². The van der Waals surface area contributed by atoms with Crippen molar-refractivity contribution < 1.29 is 0 Å². The molecule has 6 heteroatoms. The van der Waals surface area contributed by atoms with Gasteiger partial charge in [0.1, 0.15) is 0 Å². The average Bonchev–Trinajstić information content (AvgIpc) is 2.13. The van der Waals surface area contributed by atoms with Crippen molar-refractivity contribution in [3.05, 3.63) is 0 Å². The predicted molar refractivity (Wildman–Crippen MR) is 97.8 cm³/mol. The minimum absolute atomic E-state index is 1.02. The molecule has 0 spiro atoms. The highest BCUT2D eigenvalue weighted by Crippen LogP contribution is 2.52. The van der Waals surface area contributed by atoms with Crippen LogP contribution in [0.2, 0.25) is 0 Å². The van der Waals surface area contributed by atoms with Crippen LogP contribution in [0, 0.1) is 0 Å². The van der Waals surface area contributed by atoms with E-state index in [4.69, 9.17) is 0 Å². The third-order valence-corrected chi connectivity index (χ3v) is 8.63. The van der Waals surface area contributed by atoms with Crippen LogP contribution in [-0.4, -0.2) is 92.9 Å². The lowest BCUT2D eigenvalue weighted by Crippen LogP contribution is -2.50. The highest BCUT2D eigenvalue weighted by molar-refractivity contribution is 7.71. The van der Waals surface area contributed by atoms with Gasteiger partial charge in [0, 0.05) is 0 Å². The van der Waals surface area contributed by atoms with Crippen molar-refractivity contribution in [3.8, 4) is 0 Å². The van der Waals surface area contributed by atoms with Crippen LogP contribution in [-0.2, 0) is 0 Å². The van der Waals surface area contributed by atoms with E-state index < -0.39 is 21.1 Å². The maximum atomic E-state index is 4.39. The molecular weight excluding hydrogens is 279 g/mol. The van der Waals surface area contributed by atoms with E-state index >= 15 is 0 Å². The van der Waals surface area contributed by atoms with Crippen molar-refractivity contribution in [1.82, 2.24) is 14.0 Å². The van der Waals surface area contributed by atoms with Crippen molar-refractivity contribution in [1.29, 1.82) is 0 Å². The highest BCUT2D eigenvalue weighted by Gasteiger charge is 2.31. The van der Waals surface area contributed by atoms with Crippen LogP contribution in [0.5, 0.6) is 0 Å². The molecule has 0 amide bonds. The maximum absolute atomic E-state index is 4.39. The summed E-state index contributed by atoms with van der Waals surface area (Å²) in [5.41, 5.74) is 0. The second kappa shape index (κ2) is 5.28. The molecule has 0 atom stereocenters. The molecule has 3 nitrogen and oxygen atoms in total. The van der Waals surface area contributed by atoms with Gasteiger partial charge in [0.05, 0.1) is 20.0 Å². The van der Waals surface area contributed by atoms with E-state index in [0.29, 0.717) is 0 Å². The molecule has 1 aliphatic heterocycles. The Kier molecular flexibility index (Phi) is 4.94. The second-order valence-electron chi connectivity index (χ2n) is 6.81. The zero-order valence-electron chi connectivity index (χ0n) is 12.9. The standard InChI is InChI=1S/C12H30N3P3/c1-16(2,3)13-10-14(17(4,5)6)12-15(11-13)18(7,8)9/h1,4,7,10-12H2,2-3,5-6,8-9H3. The highest BCUT2D eigenvalue weighted by atomic mass is 31.2. The van der Waals surface area contributed by atoms with Crippen LogP contribution in [0.3, 0.4) is 0 Å². The van der Waals surface area contributed by atoms with Gasteiger partial charge in [0.2, 0.25) is 0 Å². The van der Waals surface area contributed by atoms with Crippen molar-refractivity contribution in [3.63, 3.8) is 0 Å². The van der Waals surface area contributed by atoms with E-state index in [9.17, 15) is 0 Å². The molecule has 108 valence electrons. The van der Waals surface area contributed by atoms with Gasteiger partial charge in [-0.15, -0.1) is 0 Å². The predicted octanol–water partition coefficient (Wildman–Crippen LogP) is 2.65. The Hall–Kier alpha value is 0.780. The number of nitrogens with zero attached hydrogens (tertiary/aromatic N) is 3. The van der Waals surface area contributed by atoms with Gasteiger partial charge < -0.3 is 0 Å². The molecule has 0 saturated carbocycles. The molecule has 0 bridgehead atoms. The lowest BCUT2D eigenvalue weighted by atomic mass is 10.8. The molecule has 1 fully saturated rings. The van der Waals surface area contributed by atoms with Crippen LogP contribution < -0.4 is 0 Å². The van der Waals surface area contributed by atoms with Gasteiger partial charge in [0.15, 0.2) is 0 Å². The second-order valence-corrected chi connectivity index (χ2v) is 18.2. The summed E-state index contributed by atoms with van der Waals surface area (Å²) >= 11 is 0. The molecule has 0 aromatic carbocycles. The maximum Gasteiger partial charge on any atom is 0.0602 e. The van der Waals surface area contributed by atoms with E-state index in [2.05, 4.69) is 72.9 Å². The molecule has 0 N–H and O–H groups in total. The molecule has 0 unspecified atom stereocenters. The smallest absolute Gasteiger partial charge is 0.0602 e. The Labute approximate surface area is 114 Å². The normalized spacial score (nSPS) is 22.3. The van der Waals surface area contributed by atoms with Gasteiger partial charge in [0.25, 0.3) is 0 Å². The first-order valence-corrected chi connectivity index (χ1v) is 14.6. The van der Waals surface area contributed by atoms with Crippen molar-refractivity contribution in [2.75, 3.05) is 60.0 Å². The van der Waals surface area contributed by atoms with E-state index in [0.717, 1.165) is 20.0 Å². The molecule has 0 aliphatic carbocycles. The molecule has 1 aliphatic rings. The Morgan fingerprint density at radius 1 is 0.556 bits per heavy atom. The lowest BCUT2D eigenvalue weighted by molar-refractivity contribution is 0.141. The Bertz CT molecular complexity index is 367. The van der Waals surface area contributed by atoms with Crippen LogP contribution in [0.15, 0.2) is 0 Å². The number of hydrogen-bond acceptors (Lipinski definition) is 3. The molecule has 1 saturated heterocycles. The largest absolute Gasteiger partial charge is 0.257 e. The summed E-state index contributed by atoms with van der Waals surface area (Å²) in [5, 5.41) is 0. The summed E-state index contributed by atoms with van der Waals surface area (Å²) in [7, 11) is -3.67. The summed E-state index contributed by atoms with van der Waals surface area (Å²) in [4.78, 5) is 0. The fraction of sp³-hybridized carbons (Fsp3) is 0.750. The topological polar surface area (TPSA) is 9.72 Å². The van der Waals surface area contributed by atoms with Gasteiger partial charge in [-0.1, -0.05) is 40.0 Å². The monoisotopic (exact) mass is 309 g/mol. The third kappa shape index (κ3) is 4.41. The molecule has 1 heterocycles. The van der Waals surface area contributed by atoms with E-state index in [1.807, 2.05) is 0 Å². The Balaban J connectivity index is 3.04. The van der Waals surface area contributed by atoms with Crippen LogP contribution in [0.1, 0.15) is 0 Å². The van der Waals surface area contributed by atoms with E-state index in [-0.39, 0.29) is 0 Å². The van der Waals surface area contributed by atoms with Crippen LogP contribution >= 0.6 is 21.1 Å². The quantitative estimate of drug-likeness (QED) is 0.742. The van der Waals surface area contributed by atoms with Crippen molar-refractivity contribution in [2.45, 2.75) is 0 Å². The van der Waals surface area contributed by atoms with Gasteiger partial charge in [-0.25, -0.2) is 0 Å². The molecule has 18 heavy (non-hydrogen) atoms. The third-order valence-electron chi connectivity index (χ3n) is 3.28. The zero-order valence-corrected chi connectivity index (χ0v) is 15.6. The molecular formula is C12H30N3P3. The first kappa shape index (κ1) is 16.8. The Morgan fingerprint density at radius 2 is 0.722 bits per heavy atom. The summed E-state index contributed by atoms with van der Waals surface area (Å²) in [5.74, 6) is 0. The van der Waals surface area contributed by atoms with Gasteiger partial charge in [-0.3, -0.25) is 14.0 Å². The van der Waals surface area contributed by atoms with Crippen LogP contribution in [0.4, 0.5) is 0 Å². The van der Waals surface area contributed by atoms with Gasteiger partial charge in [-0.2, -0.15) is 0 Å². The summed E-state index contributed by atoms with van der Waals surface area (Å²) in [6.45, 7) is 16.8. The number of hydrogen-bond donors (Lipinski definition) is 0. The van der Waals surface area contributed by atoms with Crippen molar-refractivity contribution >= 4 is 40.0 Å². The minimum Gasteiger partial charge on any atom is -0.257 e. The molecule has 0 aromatic rings. The summed E-state index contributed by atoms with van der Waals surface area (Å²) in [6, 6.07) is 0. The Morgan fingerprint density at radius 3 is 0.833 bits per heavy atom. The van der Waals surface area contributed by atoms with E-state index in [1.165, 1.54) is 0 Å². The van der Waals surface area contributed by atoms with Gasteiger partial charge in [-0.05, 0) is 40.0 Å².